The van der Waals surface area contributed by atoms with Gasteiger partial charge in [0.2, 0.25) is 10.1 Å². The Morgan fingerprint density at radius 3 is 2.59 bits per heavy atom. The summed E-state index contributed by atoms with van der Waals surface area (Å²) in [5.41, 5.74) is 0. The zero-order valence-corrected chi connectivity index (χ0v) is 10.5. The van der Waals surface area contributed by atoms with Crippen LogP contribution in [0, 0.1) is 0 Å². The maximum absolute atomic E-state index is 12.2. The summed E-state index contributed by atoms with van der Waals surface area (Å²) in [6, 6.07) is -0.685. The zero-order valence-electron chi connectivity index (χ0n) is 8.14. The van der Waals surface area contributed by atoms with Gasteiger partial charge in [-0.05, 0) is 0 Å². The highest BCUT2D eigenvalue weighted by molar-refractivity contribution is 9.11. The molecule has 0 saturated carbocycles. The molecule has 0 aliphatic carbocycles. The summed E-state index contributed by atoms with van der Waals surface area (Å²) in [5, 5.41) is 9.22. The fourth-order valence-corrected chi connectivity index (χ4v) is 1.45. The molecule has 2 amide bonds. The predicted octanol–water partition coefficient (Wildman–Crippen LogP) is 2.59. The molecule has 0 unspecified atom stereocenters. The summed E-state index contributed by atoms with van der Waals surface area (Å²) in [4.78, 5) is 11.1. The van der Waals surface area contributed by atoms with Crippen LogP contribution < -0.4 is 10.6 Å². The Bertz CT molecular complexity index is 433. The second-order valence-corrected chi connectivity index (χ2v) is 4.83. The van der Waals surface area contributed by atoms with Crippen molar-refractivity contribution >= 4 is 38.4 Å². The Hall–Kier alpha value is -1.16. The lowest BCUT2D eigenvalue weighted by molar-refractivity contribution is -0.138. The first kappa shape index (κ1) is 13.9. The lowest BCUT2D eigenvalue weighted by Crippen LogP contribution is -2.29. The first-order valence-corrected chi connectivity index (χ1v) is 5.69. The highest BCUT2D eigenvalue weighted by atomic mass is 79.9. The van der Waals surface area contributed by atoms with Crippen LogP contribution in [0.1, 0.15) is 5.01 Å². The molecule has 2 N–H and O–H groups in total. The van der Waals surface area contributed by atoms with Crippen LogP contribution >= 0.6 is 27.3 Å². The van der Waals surface area contributed by atoms with Gasteiger partial charge in [0.1, 0.15) is 0 Å². The molecule has 0 aliphatic rings. The van der Waals surface area contributed by atoms with E-state index in [0.29, 0.717) is 4.48 Å². The monoisotopic (exact) mass is 330 g/mol. The normalized spacial score (nSPS) is 11.1. The van der Waals surface area contributed by atoms with Crippen LogP contribution in [0.3, 0.4) is 0 Å². The van der Waals surface area contributed by atoms with Gasteiger partial charge >= 0.3 is 12.2 Å². The number of urea groups is 1. The second-order valence-electron chi connectivity index (χ2n) is 2.74. The van der Waals surface area contributed by atoms with Gasteiger partial charge in [0, 0.05) is 4.48 Å². The first-order valence-electron chi connectivity index (χ1n) is 4.08. The molecular formula is C7H6BrF3N4OS. The van der Waals surface area contributed by atoms with Gasteiger partial charge in [0.25, 0.3) is 0 Å². The van der Waals surface area contributed by atoms with E-state index in [-0.39, 0.29) is 23.0 Å². The van der Waals surface area contributed by atoms with Crippen molar-refractivity contribution in [3.63, 3.8) is 0 Å². The van der Waals surface area contributed by atoms with Crippen molar-refractivity contribution in [2.75, 3.05) is 11.9 Å². The molecule has 94 valence electrons. The Morgan fingerprint density at radius 1 is 1.47 bits per heavy atom. The number of carbonyl (C=O) groups excluding carboxylic acids is 1. The molecule has 1 rings (SSSR count). The highest BCUT2D eigenvalue weighted by Crippen LogP contribution is 2.32. The molecule has 5 nitrogen and oxygen atoms in total. The van der Waals surface area contributed by atoms with E-state index in [0.717, 1.165) is 0 Å². The van der Waals surface area contributed by atoms with Crippen molar-refractivity contribution in [2.24, 2.45) is 0 Å². The van der Waals surface area contributed by atoms with Crippen molar-refractivity contribution in [3.8, 4) is 0 Å². The average Bonchev–Trinajstić information content (AvgIpc) is 2.62. The number of nitrogens with one attached hydrogen (secondary N) is 2. The van der Waals surface area contributed by atoms with Crippen molar-refractivity contribution in [1.29, 1.82) is 0 Å². The van der Waals surface area contributed by atoms with Gasteiger partial charge in [-0.25, -0.2) is 4.79 Å². The molecule has 10 heteroatoms. The Balaban J connectivity index is 2.55. The van der Waals surface area contributed by atoms with E-state index in [1.807, 2.05) is 0 Å². The number of nitrogens with zero attached hydrogens (tertiary/aromatic N) is 2. The van der Waals surface area contributed by atoms with Gasteiger partial charge < -0.3 is 5.32 Å². The van der Waals surface area contributed by atoms with E-state index in [9.17, 15) is 18.0 Å². The molecular weight excluding hydrogens is 325 g/mol. The number of aromatic nitrogens is 2. The number of hydrogen-bond acceptors (Lipinski definition) is 4. The maximum atomic E-state index is 12.2. The molecule has 0 fully saturated rings. The van der Waals surface area contributed by atoms with Gasteiger partial charge in [0.05, 0.1) is 6.54 Å². The molecule has 0 bridgehead atoms. The van der Waals surface area contributed by atoms with E-state index in [1.165, 1.54) is 0 Å². The number of alkyl halides is 3. The summed E-state index contributed by atoms with van der Waals surface area (Å²) in [6.07, 6.45) is -4.56. The topological polar surface area (TPSA) is 66.9 Å². The van der Waals surface area contributed by atoms with Crippen LogP contribution in [0.15, 0.2) is 11.1 Å². The number of anilines is 1. The van der Waals surface area contributed by atoms with Crippen LogP contribution in [-0.2, 0) is 6.18 Å². The Kier molecular flexibility index (Phi) is 4.46. The number of amides is 2. The third-order valence-electron chi connectivity index (χ3n) is 1.33. The minimum Gasteiger partial charge on any atom is -0.333 e. The summed E-state index contributed by atoms with van der Waals surface area (Å²) < 4.78 is 37.0. The van der Waals surface area contributed by atoms with Gasteiger partial charge in [-0.15, -0.1) is 10.2 Å². The molecule has 17 heavy (non-hydrogen) atoms. The third kappa shape index (κ3) is 4.69. The average molecular weight is 331 g/mol. The van der Waals surface area contributed by atoms with Crippen LogP contribution in [0.4, 0.5) is 23.1 Å². The van der Waals surface area contributed by atoms with E-state index >= 15 is 0 Å². The smallest absolute Gasteiger partial charge is 0.333 e. The van der Waals surface area contributed by atoms with Gasteiger partial charge in [-0.2, -0.15) is 13.2 Å². The lowest BCUT2D eigenvalue weighted by atomic mass is 10.6. The van der Waals surface area contributed by atoms with E-state index in [2.05, 4.69) is 43.3 Å². The highest BCUT2D eigenvalue weighted by Gasteiger charge is 2.35. The standard InChI is InChI=1S/C7H6BrF3N4OS/c1-3(8)2-12-5(16)13-6-15-14-4(17-6)7(9,10)11/h1-2H2,(H2,12,13,15,16). The second kappa shape index (κ2) is 5.45. The van der Waals surface area contributed by atoms with Crippen molar-refractivity contribution < 1.29 is 18.0 Å². The first-order chi connectivity index (χ1) is 7.79. The van der Waals surface area contributed by atoms with Gasteiger partial charge in [-0.3, -0.25) is 5.32 Å². The Labute approximate surface area is 106 Å². The Morgan fingerprint density at radius 2 is 2.12 bits per heavy atom. The summed E-state index contributed by atoms with van der Waals surface area (Å²) >= 11 is 3.26. The number of carbonyl (C=O) groups is 1. The minimum absolute atomic E-state index is 0.150. The molecule has 0 aliphatic heterocycles. The predicted molar refractivity (Wildman–Crippen MR) is 60.0 cm³/mol. The third-order valence-corrected chi connectivity index (χ3v) is 2.49. The number of rotatable bonds is 3. The number of hydrogen-bond donors (Lipinski definition) is 2. The molecule has 0 saturated heterocycles. The fraction of sp³-hybridized carbons (Fsp3) is 0.286. The SMILES string of the molecule is C=C(Br)CNC(=O)Nc1nnc(C(F)(F)F)s1. The van der Waals surface area contributed by atoms with Crippen molar-refractivity contribution in [3.05, 3.63) is 16.1 Å². The minimum atomic E-state index is -4.56. The summed E-state index contributed by atoms with van der Waals surface area (Å²) in [5.74, 6) is 0. The molecule has 1 aromatic heterocycles. The molecule has 0 atom stereocenters. The largest absolute Gasteiger partial charge is 0.445 e. The van der Waals surface area contributed by atoms with E-state index in [1.54, 1.807) is 0 Å². The summed E-state index contributed by atoms with van der Waals surface area (Å²) in [7, 11) is 0. The van der Waals surface area contributed by atoms with Crippen LogP contribution in [0.25, 0.3) is 0 Å². The zero-order chi connectivity index (χ0) is 13.1. The lowest BCUT2D eigenvalue weighted by Gasteiger charge is -2.03. The fourth-order valence-electron chi connectivity index (χ4n) is 0.706. The van der Waals surface area contributed by atoms with Crippen molar-refractivity contribution in [2.45, 2.75) is 6.18 Å². The van der Waals surface area contributed by atoms with Crippen LogP contribution in [0.5, 0.6) is 0 Å². The van der Waals surface area contributed by atoms with E-state index < -0.39 is 17.2 Å². The van der Waals surface area contributed by atoms with Gasteiger partial charge in [0.15, 0.2) is 0 Å². The quantitative estimate of drug-likeness (QED) is 0.895. The molecule has 1 heterocycles. The molecule has 0 aromatic carbocycles. The molecule has 0 spiro atoms. The molecule has 0 radical (unpaired) electrons. The summed E-state index contributed by atoms with van der Waals surface area (Å²) in [6.45, 7) is 3.62. The van der Waals surface area contributed by atoms with Crippen LogP contribution in [-0.4, -0.2) is 22.8 Å². The van der Waals surface area contributed by atoms with E-state index in [4.69, 9.17) is 0 Å². The molecule has 1 aromatic rings. The van der Waals surface area contributed by atoms with Crippen molar-refractivity contribution in [1.82, 2.24) is 15.5 Å². The van der Waals surface area contributed by atoms with Crippen LogP contribution in [0.2, 0.25) is 0 Å². The van der Waals surface area contributed by atoms with Gasteiger partial charge in [-0.1, -0.05) is 33.8 Å². The number of halogens is 4. The maximum Gasteiger partial charge on any atom is 0.445 e.